The fraction of sp³-hybridized carbons (Fsp3) is 0.700. The number of nitrogens with one attached hydrogen (secondary N) is 1. The summed E-state index contributed by atoms with van der Waals surface area (Å²) in [5.74, 6) is 0.731. The molecule has 0 aromatic carbocycles. The summed E-state index contributed by atoms with van der Waals surface area (Å²) >= 11 is 1.51. The number of carbonyl (C=O) groups is 3. The van der Waals surface area contributed by atoms with E-state index in [1.807, 2.05) is 0 Å². The van der Waals surface area contributed by atoms with Gasteiger partial charge in [0.05, 0.1) is 11.6 Å². The molecule has 17 heavy (non-hydrogen) atoms. The molecule has 1 unspecified atom stereocenters. The minimum absolute atomic E-state index is 0.00235. The average molecular weight is 257 g/mol. The van der Waals surface area contributed by atoms with Gasteiger partial charge < -0.3 is 15.1 Å². The molecule has 3 amide bonds. The van der Waals surface area contributed by atoms with Gasteiger partial charge in [-0.15, -0.1) is 11.8 Å². The van der Waals surface area contributed by atoms with Crippen molar-refractivity contribution < 1.29 is 14.4 Å². The zero-order valence-corrected chi connectivity index (χ0v) is 10.5. The van der Waals surface area contributed by atoms with E-state index in [4.69, 9.17) is 0 Å². The smallest absolute Gasteiger partial charge is 0.242 e. The molecule has 2 rings (SSSR count). The van der Waals surface area contributed by atoms with Crippen molar-refractivity contribution in [2.75, 3.05) is 31.3 Å². The number of thioether (sulfide) groups is 1. The van der Waals surface area contributed by atoms with Crippen molar-refractivity contribution in [2.45, 2.75) is 13.0 Å². The van der Waals surface area contributed by atoms with Gasteiger partial charge in [-0.25, -0.2) is 0 Å². The van der Waals surface area contributed by atoms with Crippen LogP contribution >= 0.6 is 11.8 Å². The van der Waals surface area contributed by atoms with E-state index in [9.17, 15) is 14.4 Å². The van der Waals surface area contributed by atoms with Crippen molar-refractivity contribution in [3.05, 3.63) is 0 Å². The topological polar surface area (TPSA) is 69.7 Å². The normalized spacial score (nSPS) is 25.1. The molecule has 2 fully saturated rings. The van der Waals surface area contributed by atoms with Gasteiger partial charge in [0.15, 0.2) is 0 Å². The van der Waals surface area contributed by atoms with Crippen molar-refractivity contribution >= 4 is 29.5 Å². The highest BCUT2D eigenvalue weighted by molar-refractivity contribution is 8.00. The molecule has 0 aromatic heterocycles. The largest absolute Gasteiger partial charge is 0.353 e. The van der Waals surface area contributed by atoms with E-state index >= 15 is 0 Å². The van der Waals surface area contributed by atoms with Crippen LogP contribution in [0.15, 0.2) is 0 Å². The third kappa shape index (κ3) is 2.54. The zero-order chi connectivity index (χ0) is 12.4. The van der Waals surface area contributed by atoms with Crippen LogP contribution in [-0.2, 0) is 14.4 Å². The minimum Gasteiger partial charge on any atom is -0.353 e. The molecule has 6 nitrogen and oxygen atoms in total. The molecule has 2 aliphatic rings. The summed E-state index contributed by atoms with van der Waals surface area (Å²) in [6, 6.07) is -0.443. The Bertz CT molecular complexity index is 361. The SMILES string of the molecule is CC1C(=O)NCCN1C(=O)CN1CSCC1=O. The highest BCUT2D eigenvalue weighted by atomic mass is 32.2. The van der Waals surface area contributed by atoms with Crippen molar-refractivity contribution in [2.24, 2.45) is 0 Å². The molecule has 1 N–H and O–H groups in total. The quantitative estimate of drug-likeness (QED) is 0.679. The van der Waals surface area contributed by atoms with Crippen molar-refractivity contribution in [3.8, 4) is 0 Å². The fourth-order valence-electron chi connectivity index (χ4n) is 1.92. The molecule has 0 spiro atoms. The first-order chi connectivity index (χ1) is 8.09. The zero-order valence-electron chi connectivity index (χ0n) is 9.64. The summed E-state index contributed by atoms with van der Waals surface area (Å²) in [5, 5.41) is 2.70. The van der Waals surface area contributed by atoms with E-state index in [2.05, 4.69) is 5.32 Å². The Morgan fingerprint density at radius 3 is 2.94 bits per heavy atom. The van der Waals surface area contributed by atoms with Crippen molar-refractivity contribution in [1.29, 1.82) is 0 Å². The summed E-state index contributed by atoms with van der Waals surface area (Å²) in [4.78, 5) is 37.9. The number of rotatable bonds is 2. The molecule has 0 aromatic rings. The van der Waals surface area contributed by atoms with Crippen molar-refractivity contribution in [3.63, 3.8) is 0 Å². The number of hydrogen-bond acceptors (Lipinski definition) is 4. The number of hydrogen-bond donors (Lipinski definition) is 1. The van der Waals surface area contributed by atoms with Crippen LogP contribution in [0.1, 0.15) is 6.92 Å². The van der Waals surface area contributed by atoms with E-state index in [1.165, 1.54) is 21.6 Å². The van der Waals surface area contributed by atoms with E-state index in [0.29, 0.717) is 24.7 Å². The Balaban J connectivity index is 1.95. The maximum atomic E-state index is 12.0. The second-order valence-electron chi connectivity index (χ2n) is 4.12. The second kappa shape index (κ2) is 4.95. The molecule has 0 bridgehead atoms. The summed E-state index contributed by atoms with van der Waals surface area (Å²) < 4.78 is 0. The third-order valence-corrected chi connectivity index (χ3v) is 3.92. The van der Waals surface area contributed by atoms with Gasteiger partial charge in [0.1, 0.15) is 12.6 Å². The van der Waals surface area contributed by atoms with Gasteiger partial charge in [-0.2, -0.15) is 0 Å². The Hall–Kier alpha value is -1.24. The summed E-state index contributed by atoms with van der Waals surface area (Å²) in [5.41, 5.74) is 0. The maximum Gasteiger partial charge on any atom is 0.242 e. The number of nitrogens with zero attached hydrogens (tertiary/aromatic N) is 2. The first-order valence-corrected chi connectivity index (χ1v) is 6.68. The lowest BCUT2D eigenvalue weighted by Crippen LogP contribution is -2.57. The number of carbonyl (C=O) groups excluding carboxylic acids is 3. The molecule has 0 saturated carbocycles. The lowest BCUT2D eigenvalue weighted by atomic mass is 10.2. The first kappa shape index (κ1) is 12.2. The van der Waals surface area contributed by atoms with Crippen molar-refractivity contribution in [1.82, 2.24) is 15.1 Å². The molecule has 94 valence electrons. The molecule has 1 atom stereocenters. The van der Waals surface area contributed by atoms with Crippen LogP contribution in [0.4, 0.5) is 0 Å². The standard InChI is InChI=1S/C10H15N3O3S/c1-7-10(16)11-2-3-13(7)8(14)4-12-6-17-5-9(12)15/h7H,2-6H2,1H3,(H,11,16). The van der Waals surface area contributed by atoms with E-state index in [-0.39, 0.29) is 24.3 Å². The van der Waals surface area contributed by atoms with Crippen LogP contribution in [0, 0.1) is 0 Å². The van der Waals surface area contributed by atoms with E-state index < -0.39 is 6.04 Å². The van der Waals surface area contributed by atoms with Gasteiger partial charge in [-0.1, -0.05) is 0 Å². The molecule has 2 aliphatic heterocycles. The Kier molecular flexibility index (Phi) is 3.56. The van der Waals surface area contributed by atoms with Gasteiger partial charge in [0.25, 0.3) is 0 Å². The lowest BCUT2D eigenvalue weighted by molar-refractivity contribution is -0.145. The van der Waals surface area contributed by atoms with Crippen LogP contribution in [0.2, 0.25) is 0 Å². The number of piperazine rings is 1. The van der Waals surface area contributed by atoms with Gasteiger partial charge in [-0.05, 0) is 6.92 Å². The Morgan fingerprint density at radius 2 is 2.29 bits per heavy atom. The average Bonchev–Trinajstić information content (AvgIpc) is 2.68. The molecule has 0 aliphatic carbocycles. The van der Waals surface area contributed by atoms with Gasteiger partial charge in [0, 0.05) is 13.1 Å². The maximum absolute atomic E-state index is 12.0. The summed E-state index contributed by atoms with van der Waals surface area (Å²) in [7, 11) is 0. The second-order valence-corrected chi connectivity index (χ2v) is 5.08. The third-order valence-electron chi connectivity index (χ3n) is 2.97. The van der Waals surface area contributed by atoms with Gasteiger partial charge in [-0.3, -0.25) is 14.4 Å². The first-order valence-electron chi connectivity index (χ1n) is 5.52. The summed E-state index contributed by atoms with van der Waals surface area (Å²) in [6.07, 6.45) is 0. The monoisotopic (exact) mass is 257 g/mol. The highest BCUT2D eigenvalue weighted by Gasteiger charge is 2.31. The fourth-order valence-corrected chi connectivity index (χ4v) is 2.82. The van der Waals surface area contributed by atoms with Crippen LogP contribution in [0.3, 0.4) is 0 Å². The minimum atomic E-state index is -0.443. The molecule has 0 radical (unpaired) electrons. The van der Waals surface area contributed by atoms with Gasteiger partial charge in [0.2, 0.25) is 17.7 Å². The van der Waals surface area contributed by atoms with E-state index in [0.717, 1.165) is 0 Å². The predicted molar refractivity (Wildman–Crippen MR) is 63.2 cm³/mol. The highest BCUT2D eigenvalue weighted by Crippen LogP contribution is 2.15. The molecule has 7 heteroatoms. The van der Waals surface area contributed by atoms with Crippen LogP contribution < -0.4 is 5.32 Å². The lowest BCUT2D eigenvalue weighted by Gasteiger charge is -2.33. The molecule has 2 heterocycles. The van der Waals surface area contributed by atoms with Crippen LogP contribution in [0.5, 0.6) is 0 Å². The number of amides is 3. The van der Waals surface area contributed by atoms with Crippen LogP contribution in [-0.4, -0.2) is 64.8 Å². The molecular weight excluding hydrogens is 242 g/mol. The van der Waals surface area contributed by atoms with Gasteiger partial charge >= 0.3 is 0 Å². The molecule has 2 saturated heterocycles. The molecular formula is C10H15N3O3S. The van der Waals surface area contributed by atoms with E-state index in [1.54, 1.807) is 6.92 Å². The predicted octanol–water partition coefficient (Wildman–Crippen LogP) is -1.13. The Morgan fingerprint density at radius 1 is 1.53 bits per heavy atom. The summed E-state index contributed by atoms with van der Waals surface area (Å²) in [6.45, 7) is 2.79. The van der Waals surface area contributed by atoms with Crippen LogP contribution in [0.25, 0.3) is 0 Å². The Labute approximate surface area is 104 Å².